The molecule has 0 radical (unpaired) electrons. The highest BCUT2D eigenvalue weighted by Crippen LogP contribution is 2.29. The molecule has 7 heteroatoms. The molecular weight excluding hydrogens is 251 g/mol. The zero-order valence-electron chi connectivity index (χ0n) is 9.49. The van der Waals surface area contributed by atoms with Crippen LogP contribution in [0.3, 0.4) is 0 Å². The summed E-state index contributed by atoms with van der Waals surface area (Å²) in [5.74, 6) is -1.80. The number of hydrogen-bond acceptors (Lipinski definition) is 4. The van der Waals surface area contributed by atoms with Crippen molar-refractivity contribution in [2.45, 2.75) is 18.4 Å². The number of methoxy groups -OCH3 is 1. The number of nitrogens with one attached hydrogen (secondary N) is 1. The van der Waals surface area contributed by atoms with E-state index in [1.54, 1.807) is 35.6 Å². The SMILES string of the molecule is COC(=O)C(O)(NCc1ccccc1)C(F)(F)F. The average molecular weight is 263 g/mol. The van der Waals surface area contributed by atoms with Crippen molar-refractivity contribution < 1.29 is 27.8 Å². The molecule has 0 fully saturated rings. The molecule has 18 heavy (non-hydrogen) atoms. The molecule has 0 amide bonds. The average Bonchev–Trinajstić information content (AvgIpc) is 2.34. The van der Waals surface area contributed by atoms with Crippen LogP contribution < -0.4 is 5.32 Å². The Bertz CT molecular complexity index is 408. The Morgan fingerprint density at radius 3 is 2.33 bits per heavy atom. The van der Waals surface area contributed by atoms with Crippen molar-refractivity contribution in [2.24, 2.45) is 0 Å². The fraction of sp³-hybridized carbons (Fsp3) is 0.364. The van der Waals surface area contributed by atoms with Gasteiger partial charge in [-0.2, -0.15) is 13.2 Å². The molecule has 2 N–H and O–H groups in total. The molecule has 0 saturated carbocycles. The molecule has 0 bridgehead atoms. The second-order valence-corrected chi connectivity index (χ2v) is 3.54. The first-order valence-corrected chi connectivity index (χ1v) is 4.97. The van der Waals surface area contributed by atoms with Crippen LogP contribution in [0.25, 0.3) is 0 Å². The molecule has 0 aliphatic heterocycles. The van der Waals surface area contributed by atoms with E-state index in [1.807, 2.05) is 0 Å². The number of carbonyl (C=O) groups excluding carboxylic acids is 1. The molecule has 1 rings (SSSR count). The van der Waals surface area contributed by atoms with Gasteiger partial charge in [0, 0.05) is 6.54 Å². The van der Waals surface area contributed by atoms with Crippen LogP contribution in [-0.4, -0.2) is 30.1 Å². The third kappa shape index (κ3) is 2.99. The smallest absolute Gasteiger partial charge is 0.442 e. The summed E-state index contributed by atoms with van der Waals surface area (Å²) in [5, 5.41) is 11.1. The fourth-order valence-corrected chi connectivity index (χ4v) is 1.26. The van der Waals surface area contributed by atoms with Crippen molar-refractivity contribution in [2.75, 3.05) is 7.11 Å². The minimum Gasteiger partial charge on any atom is -0.466 e. The van der Waals surface area contributed by atoms with Gasteiger partial charge in [-0.25, -0.2) is 4.79 Å². The predicted octanol–water partition coefficient (Wildman–Crippen LogP) is 1.20. The molecule has 1 unspecified atom stereocenters. The lowest BCUT2D eigenvalue weighted by molar-refractivity contribution is -0.272. The molecule has 4 nitrogen and oxygen atoms in total. The van der Waals surface area contributed by atoms with E-state index in [1.165, 1.54) is 0 Å². The molecular formula is C11H12F3NO3. The van der Waals surface area contributed by atoms with Gasteiger partial charge in [-0.15, -0.1) is 0 Å². The summed E-state index contributed by atoms with van der Waals surface area (Å²) in [7, 11) is 0.767. The van der Waals surface area contributed by atoms with Crippen LogP contribution in [-0.2, 0) is 16.1 Å². The van der Waals surface area contributed by atoms with E-state index >= 15 is 0 Å². The number of alkyl halides is 3. The van der Waals surface area contributed by atoms with Crippen molar-refractivity contribution in [3.63, 3.8) is 0 Å². The Morgan fingerprint density at radius 1 is 1.33 bits per heavy atom. The number of benzene rings is 1. The fourth-order valence-electron chi connectivity index (χ4n) is 1.26. The maximum atomic E-state index is 12.6. The zero-order valence-corrected chi connectivity index (χ0v) is 9.49. The lowest BCUT2D eigenvalue weighted by Gasteiger charge is -2.28. The molecule has 0 aromatic heterocycles. The van der Waals surface area contributed by atoms with Gasteiger partial charge in [0.05, 0.1) is 7.11 Å². The largest absolute Gasteiger partial charge is 0.466 e. The lowest BCUT2D eigenvalue weighted by Crippen LogP contribution is -2.62. The summed E-state index contributed by atoms with van der Waals surface area (Å²) in [4.78, 5) is 11.0. The van der Waals surface area contributed by atoms with Gasteiger partial charge in [0.1, 0.15) is 0 Å². The summed E-state index contributed by atoms with van der Waals surface area (Å²) in [6.07, 6.45) is -5.17. The van der Waals surface area contributed by atoms with E-state index in [2.05, 4.69) is 4.74 Å². The van der Waals surface area contributed by atoms with Crippen LogP contribution >= 0.6 is 0 Å². The lowest BCUT2D eigenvalue weighted by atomic mass is 10.1. The normalized spacial score (nSPS) is 14.9. The standard InChI is InChI=1S/C11H12F3NO3/c1-18-9(16)10(17,11(12,13)14)15-7-8-5-3-2-4-6-8/h2-6,15,17H,7H2,1H3. The van der Waals surface area contributed by atoms with Crippen LogP contribution in [0.15, 0.2) is 30.3 Å². The Hall–Kier alpha value is -1.60. The van der Waals surface area contributed by atoms with Crippen molar-refractivity contribution >= 4 is 5.97 Å². The van der Waals surface area contributed by atoms with Gasteiger partial charge in [-0.3, -0.25) is 5.32 Å². The maximum absolute atomic E-state index is 12.6. The topological polar surface area (TPSA) is 58.6 Å². The highest BCUT2D eigenvalue weighted by Gasteiger charge is 2.60. The van der Waals surface area contributed by atoms with E-state index < -0.39 is 17.9 Å². The molecule has 0 heterocycles. The summed E-state index contributed by atoms with van der Waals surface area (Å²) >= 11 is 0. The van der Waals surface area contributed by atoms with Crippen molar-refractivity contribution in [3.05, 3.63) is 35.9 Å². The Morgan fingerprint density at radius 2 is 1.89 bits per heavy atom. The highest BCUT2D eigenvalue weighted by molar-refractivity contribution is 5.79. The number of ether oxygens (including phenoxy) is 1. The molecule has 0 aliphatic carbocycles. The summed E-state index contributed by atoms with van der Waals surface area (Å²) in [5.41, 5.74) is -3.22. The second-order valence-electron chi connectivity index (χ2n) is 3.54. The molecule has 0 aliphatic rings. The Balaban J connectivity index is 2.84. The van der Waals surface area contributed by atoms with Gasteiger partial charge in [0.2, 0.25) is 0 Å². The summed E-state index contributed by atoms with van der Waals surface area (Å²) < 4.78 is 41.9. The first-order valence-electron chi connectivity index (χ1n) is 4.97. The second kappa shape index (κ2) is 5.36. The monoisotopic (exact) mass is 263 g/mol. The van der Waals surface area contributed by atoms with Gasteiger partial charge < -0.3 is 9.84 Å². The Labute approximate surface area is 101 Å². The van der Waals surface area contributed by atoms with E-state index in [9.17, 15) is 23.1 Å². The number of aliphatic hydroxyl groups is 1. The first kappa shape index (κ1) is 14.5. The van der Waals surface area contributed by atoms with Crippen molar-refractivity contribution in [1.29, 1.82) is 0 Å². The molecule has 0 saturated heterocycles. The highest BCUT2D eigenvalue weighted by atomic mass is 19.4. The number of halogens is 3. The van der Waals surface area contributed by atoms with Crippen LogP contribution in [0.5, 0.6) is 0 Å². The van der Waals surface area contributed by atoms with Crippen molar-refractivity contribution in [3.8, 4) is 0 Å². The number of rotatable bonds is 4. The quantitative estimate of drug-likeness (QED) is 0.633. The van der Waals surface area contributed by atoms with E-state index in [0.717, 1.165) is 7.11 Å². The zero-order chi connectivity index (χ0) is 13.8. The molecule has 100 valence electrons. The molecule has 1 atom stereocenters. The Kier molecular flexibility index (Phi) is 4.31. The molecule has 1 aromatic carbocycles. The van der Waals surface area contributed by atoms with Crippen LogP contribution in [0.1, 0.15) is 5.56 Å². The maximum Gasteiger partial charge on any atom is 0.442 e. The van der Waals surface area contributed by atoms with E-state index in [-0.39, 0.29) is 6.54 Å². The third-order valence-electron chi connectivity index (χ3n) is 2.28. The van der Waals surface area contributed by atoms with Crippen LogP contribution in [0.2, 0.25) is 0 Å². The van der Waals surface area contributed by atoms with Gasteiger partial charge >= 0.3 is 17.9 Å². The summed E-state index contributed by atoms with van der Waals surface area (Å²) in [6.45, 7) is -0.327. The van der Waals surface area contributed by atoms with Gasteiger partial charge in [0.25, 0.3) is 0 Å². The van der Waals surface area contributed by atoms with Gasteiger partial charge in [-0.1, -0.05) is 30.3 Å². The van der Waals surface area contributed by atoms with Crippen LogP contribution in [0, 0.1) is 0 Å². The van der Waals surface area contributed by atoms with E-state index in [4.69, 9.17) is 0 Å². The van der Waals surface area contributed by atoms with Gasteiger partial charge in [0.15, 0.2) is 0 Å². The number of hydrogen-bond donors (Lipinski definition) is 2. The minimum absolute atomic E-state index is 0.327. The van der Waals surface area contributed by atoms with Gasteiger partial charge in [-0.05, 0) is 5.56 Å². The summed E-state index contributed by atoms with van der Waals surface area (Å²) in [6, 6.07) is 8.06. The predicted molar refractivity (Wildman–Crippen MR) is 56.3 cm³/mol. The first-order chi connectivity index (χ1) is 8.31. The molecule has 0 spiro atoms. The molecule has 1 aromatic rings. The van der Waals surface area contributed by atoms with Crippen LogP contribution in [0.4, 0.5) is 13.2 Å². The number of carbonyl (C=O) groups is 1. The third-order valence-corrected chi connectivity index (χ3v) is 2.28. The van der Waals surface area contributed by atoms with E-state index in [0.29, 0.717) is 5.56 Å². The minimum atomic E-state index is -5.17. The number of esters is 1. The van der Waals surface area contributed by atoms with Crippen molar-refractivity contribution in [1.82, 2.24) is 5.32 Å².